The first kappa shape index (κ1) is 6.97. The molecule has 0 aromatic heterocycles. The highest BCUT2D eigenvalue weighted by Crippen LogP contribution is 2.17. The predicted octanol–water partition coefficient (Wildman–Crippen LogP) is 1.14. The van der Waals surface area contributed by atoms with Crippen LogP contribution in [0.1, 0.15) is 20.7 Å². The molecule has 0 fully saturated rings. The van der Waals surface area contributed by atoms with E-state index in [0.717, 1.165) is 6.07 Å². The number of fused-ring (bicyclic) bond motifs is 2. The first-order valence-corrected chi connectivity index (χ1v) is 3.24. The molecule has 3 nitrogen and oxygen atoms in total. The molecule has 0 N–H and O–H groups in total. The average molecular weight is 166 g/mol. The molecule has 1 aromatic rings. The lowest BCUT2D eigenvalue weighted by Crippen LogP contribution is -2.19. The summed E-state index contributed by atoms with van der Waals surface area (Å²) in [6, 6.07) is 3.53. The Hall–Kier alpha value is -1.71. The molecule has 0 saturated carbocycles. The number of benzene rings is 1. The van der Waals surface area contributed by atoms with Gasteiger partial charge in [0.05, 0.1) is 11.1 Å². The van der Waals surface area contributed by atoms with Crippen LogP contribution in [-0.4, -0.2) is 11.9 Å². The zero-order valence-corrected chi connectivity index (χ0v) is 5.83. The van der Waals surface area contributed by atoms with Crippen molar-refractivity contribution in [2.75, 3.05) is 0 Å². The number of rotatable bonds is 0. The molecule has 1 aliphatic rings. The number of cyclic esters (lactones) is 2. The van der Waals surface area contributed by atoms with E-state index in [0.29, 0.717) is 0 Å². The van der Waals surface area contributed by atoms with Crippen LogP contribution in [0.3, 0.4) is 0 Å². The van der Waals surface area contributed by atoms with E-state index >= 15 is 0 Å². The molecular formula is C8H3FO3. The van der Waals surface area contributed by atoms with Crippen molar-refractivity contribution in [1.82, 2.24) is 0 Å². The Kier molecular flexibility index (Phi) is 1.24. The first-order valence-electron chi connectivity index (χ1n) is 3.24. The third-order valence-corrected chi connectivity index (χ3v) is 1.61. The summed E-state index contributed by atoms with van der Waals surface area (Å²) in [6.07, 6.45) is 0. The van der Waals surface area contributed by atoms with Crippen molar-refractivity contribution in [3.8, 4) is 0 Å². The van der Waals surface area contributed by atoms with Gasteiger partial charge in [-0.1, -0.05) is 0 Å². The van der Waals surface area contributed by atoms with E-state index in [1.54, 1.807) is 0 Å². The van der Waals surface area contributed by atoms with Gasteiger partial charge in [0.15, 0.2) is 0 Å². The van der Waals surface area contributed by atoms with Crippen LogP contribution in [0.25, 0.3) is 0 Å². The largest absolute Gasteiger partial charge is 0.386 e. The molecular weight excluding hydrogens is 163 g/mol. The van der Waals surface area contributed by atoms with Gasteiger partial charge in [-0.25, -0.2) is 14.0 Å². The maximum absolute atomic E-state index is 12.8. The molecule has 0 atom stereocenters. The van der Waals surface area contributed by atoms with Gasteiger partial charge >= 0.3 is 11.9 Å². The minimum atomic E-state index is -0.925. The van der Waals surface area contributed by atoms with Gasteiger partial charge in [-0.15, -0.1) is 0 Å². The van der Waals surface area contributed by atoms with Crippen LogP contribution >= 0.6 is 0 Å². The molecule has 1 heterocycles. The molecule has 0 unspecified atom stereocenters. The second kappa shape index (κ2) is 2.14. The normalized spacial score (nSPS) is 14.4. The number of esters is 2. The third kappa shape index (κ3) is 0.812. The average Bonchev–Trinajstić information content (AvgIpc) is 2.03. The summed E-state index contributed by atoms with van der Waals surface area (Å²) >= 11 is 0. The lowest BCUT2D eigenvalue weighted by atomic mass is 10.1. The highest BCUT2D eigenvalue weighted by molar-refractivity contribution is 6.07. The second-order valence-corrected chi connectivity index (χ2v) is 2.37. The summed E-state index contributed by atoms with van der Waals surface area (Å²) < 4.78 is 17.0. The Morgan fingerprint density at radius 2 is 1.92 bits per heavy atom. The number of carbonyl (C=O) groups is 2. The number of carbonyl (C=O) groups excluding carboxylic acids is 2. The standard InChI is InChI=1S/C8H3FO3/c9-6-2-1-4-3-5(6)8(11)12-7(4)10/h1-3H. The summed E-state index contributed by atoms with van der Waals surface area (Å²) in [5.74, 6) is -2.32. The van der Waals surface area contributed by atoms with Crippen molar-refractivity contribution in [3.63, 3.8) is 0 Å². The summed E-state index contributed by atoms with van der Waals surface area (Å²) in [5, 5.41) is 0. The van der Waals surface area contributed by atoms with Gasteiger partial charge in [0, 0.05) is 0 Å². The van der Waals surface area contributed by atoms with E-state index in [-0.39, 0.29) is 11.1 Å². The molecule has 0 aliphatic carbocycles. The summed E-state index contributed by atoms with van der Waals surface area (Å²) in [4.78, 5) is 21.6. The molecule has 1 aliphatic heterocycles. The van der Waals surface area contributed by atoms with E-state index in [1.165, 1.54) is 12.1 Å². The molecule has 4 heteroatoms. The maximum atomic E-state index is 12.8. The van der Waals surface area contributed by atoms with Crippen molar-refractivity contribution >= 4 is 11.9 Å². The van der Waals surface area contributed by atoms with E-state index in [4.69, 9.17) is 0 Å². The fraction of sp³-hybridized carbons (Fsp3) is 0. The monoisotopic (exact) mass is 166 g/mol. The highest BCUT2D eigenvalue weighted by atomic mass is 19.1. The van der Waals surface area contributed by atoms with E-state index in [1.807, 2.05) is 0 Å². The maximum Gasteiger partial charge on any atom is 0.349 e. The van der Waals surface area contributed by atoms with Crippen molar-refractivity contribution in [2.24, 2.45) is 0 Å². The lowest BCUT2D eigenvalue weighted by Gasteiger charge is -2.10. The molecule has 0 radical (unpaired) electrons. The van der Waals surface area contributed by atoms with Crippen LogP contribution in [0.5, 0.6) is 0 Å². The van der Waals surface area contributed by atoms with Gasteiger partial charge in [0.2, 0.25) is 0 Å². The number of halogens is 1. The Morgan fingerprint density at radius 1 is 1.17 bits per heavy atom. The van der Waals surface area contributed by atoms with Crippen LogP contribution in [0.2, 0.25) is 0 Å². The fourth-order valence-corrected chi connectivity index (χ4v) is 1.01. The Balaban J connectivity index is 2.70. The summed E-state index contributed by atoms with van der Waals surface area (Å²) in [7, 11) is 0. The predicted molar refractivity (Wildman–Crippen MR) is 36.1 cm³/mol. The van der Waals surface area contributed by atoms with Crippen LogP contribution < -0.4 is 0 Å². The van der Waals surface area contributed by atoms with Gasteiger partial charge in [-0.05, 0) is 18.2 Å². The second-order valence-electron chi connectivity index (χ2n) is 2.37. The molecule has 0 spiro atoms. The molecule has 2 rings (SSSR count). The van der Waals surface area contributed by atoms with Crippen molar-refractivity contribution in [1.29, 1.82) is 0 Å². The molecule has 1 aromatic carbocycles. The fourth-order valence-electron chi connectivity index (χ4n) is 1.01. The van der Waals surface area contributed by atoms with Crippen molar-refractivity contribution in [3.05, 3.63) is 35.1 Å². The smallest absolute Gasteiger partial charge is 0.349 e. The van der Waals surface area contributed by atoms with Gasteiger partial charge in [-0.2, -0.15) is 0 Å². The van der Waals surface area contributed by atoms with Gasteiger partial charge in [-0.3, -0.25) is 0 Å². The molecule has 0 amide bonds. The Bertz CT molecular complexity index is 384. The minimum Gasteiger partial charge on any atom is -0.386 e. The number of ether oxygens (including phenoxy) is 1. The zero-order valence-electron chi connectivity index (χ0n) is 5.83. The quantitative estimate of drug-likeness (QED) is 0.428. The number of hydrogen-bond donors (Lipinski definition) is 0. The SMILES string of the molecule is O=C1OC(=O)c2cc1ccc2F. The van der Waals surface area contributed by atoms with E-state index in [2.05, 4.69) is 4.74 Å². The third-order valence-electron chi connectivity index (χ3n) is 1.61. The van der Waals surface area contributed by atoms with Crippen LogP contribution in [0.4, 0.5) is 4.39 Å². The van der Waals surface area contributed by atoms with E-state index in [9.17, 15) is 14.0 Å². The molecule has 60 valence electrons. The highest BCUT2D eigenvalue weighted by Gasteiger charge is 2.25. The molecule has 12 heavy (non-hydrogen) atoms. The first-order chi connectivity index (χ1) is 5.68. The van der Waals surface area contributed by atoms with E-state index < -0.39 is 17.8 Å². The number of hydrogen-bond acceptors (Lipinski definition) is 3. The van der Waals surface area contributed by atoms with Crippen LogP contribution in [-0.2, 0) is 4.74 Å². The summed E-state index contributed by atoms with van der Waals surface area (Å²) in [5.41, 5.74) is 0.0121. The van der Waals surface area contributed by atoms with Crippen LogP contribution in [0.15, 0.2) is 18.2 Å². The lowest BCUT2D eigenvalue weighted by molar-refractivity contribution is 0.0381. The Labute approximate surface area is 66.8 Å². The summed E-state index contributed by atoms with van der Waals surface area (Å²) in [6.45, 7) is 0. The molecule has 0 saturated heterocycles. The van der Waals surface area contributed by atoms with Crippen LogP contribution in [0, 0.1) is 5.82 Å². The Morgan fingerprint density at radius 3 is 2.67 bits per heavy atom. The topological polar surface area (TPSA) is 43.4 Å². The van der Waals surface area contributed by atoms with Gasteiger partial charge < -0.3 is 4.74 Å². The minimum absolute atomic E-state index is 0.188. The van der Waals surface area contributed by atoms with Crippen molar-refractivity contribution < 1.29 is 18.7 Å². The van der Waals surface area contributed by atoms with Gasteiger partial charge in [0.25, 0.3) is 0 Å². The van der Waals surface area contributed by atoms with Gasteiger partial charge in [0.1, 0.15) is 5.82 Å². The molecule has 2 bridgehead atoms. The zero-order chi connectivity index (χ0) is 8.72. The van der Waals surface area contributed by atoms with Crippen molar-refractivity contribution in [2.45, 2.75) is 0 Å².